The number of hydrogen-bond acceptors (Lipinski definition) is 2. The number of hydrogen-bond donors (Lipinski definition) is 2. The first-order chi connectivity index (χ1) is 9.72. The maximum atomic E-state index is 9.48. The fraction of sp³-hybridized carbons (Fsp3) is 0.222. The third-order valence-electron chi connectivity index (χ3n) is 1.89. The summed E-state index contributed by atoms with van der Waals surface area (Å²) in [6.45, 7) is 5.19. The van der Waals surface area contributed by atoms with Crippen LogP contribution in [0.4, 0.5) is 0 Å². The summed E-state index contributed by atoms with van der Waals surface area (Å²) in [5, 5.41) is 9.48. The lowest BCUT2D eigenvalue weighted by atomic mass is 10.1. The van der Waals surface area contributed by atoms with E-state index in [1.807, 2.05) is 6.92 Å². The highest BCUT2D eigenvalue weighted by Gasteiger charge is 2.07. The van der Waals surface area contributed by atoms with E-state index < -0.39 is 6.10 Å². The molecule has 0 unspecified atom stereocenters. The van der Waals surface area contributed by atoms with Crippen LogP contribution in [-0.2, 0) is 0 Å². The van der Waals surface area contributed by atoms with E-state index in [1.54, 1.807) is 0 Å². The summed E-state index contributed by atoms with van der Waals surface area (Å²) < 4.78 is 0. The average molecular weight is 259 g/mol. The van der Waals surface area contributed by atoms with Gasteiger partial charge < -0.3 is 10.8 Å². The molecule has 0 heterocycles. The minimum atomic E-state index is -0.744. The summed E-state index contributed by atoms with van der Waals surface area (Å²) in [4.78, 5) is 0. The molecule has 0 aliphatic rings. The first-order valence-corrected chi connectivity index (χ1v) is 5.77. The topological polar surface area (TPSA) is 46.2 Å². The second-order valence-electron chi connectivity index (χ2n) is 3.30. The summed E-state index contributed by atoms with van der Waals surface area (Å²) in [5.74, 6) is 0. The van der Waals surface area contributed by atoms with Crippen molar-refractivity contribution < 1.29 is 5.11 Å². The van der Waals surface area contributed by atoms with Crippen LogP contribution in [0.25, 0.3) is 0 Å². The van der Waals surface area contributed by atoms with E-state index in [-0.39, 0.29) is 6.04 Å². The third-order valence-corrected chi connectivity index (χ3v) is 1.89. The van der Waals surface area contributed by atoms with Crippen LogP contribution in [0.15, 0.2) is 81.4 Å². The highest BCUT2D eigenvalue weighted by molar-refractivity contribution is 4.95. The van der Waals surface area contributed by atoms with Crippen LogP contribution < -0.4 is 5.73 Å². The van der Waals surface area contributed by atoms with Crippen molar-refractivity contribution in [2.45, 2.75) is 25.5 Å². The zero-order valence-electron chi connectivity index (χ0n) is 11.2. The molecule has 0 spiro atoms. The minimum absolute atomic E-state index is 0.304. The third kappa shape index (κ3) is 10.2. The SMILES string of the molecule is C=C=C=C=C=C=C=C=C=C=C=C=C=C[C@H](O)[C@@H](N)CC. The van der Waals surface area contributed by atoms with Gasteiger partial charge in [-0.1, -0.05) is 18.4 Å². The molecule has 0 radical (unpaired) electrons. The number of rotatable bonds is 3. The van der Waals surface area contributed by atoms with Crippen molar-refractivity contribution in [3.8, 4) is 0 Å². The molecule has 2 atom stereocenters. The van der Waals surface area contributed by atoms with Crippen molar-refractivity contribution in [1.82, 2.24) is 0 Å². The van der Waals surface area contributed by atoms with Gasteiger partial charge in [0.2, 0.25) is 0 Å². The smallest absolute Gasteiger partial charge is 0.0951 e. The Morgan fingerprint density at radius 2 is 1.40 bits per heavy atom. The Labute approximate surface area is 118 Å². The number of aliphatic hydroxyl groups is 1. The molecule has 0 aromatic rings. The maximum Gasteiger partial charge on any atom is 0.0951 e. The molecule has 0 aliphatic carbocycles. The monoisotopic (exact) mass is 259 g/mol. The second kappa shape index (κ2) is 12.5. The van der Waals surface area contributed by atoms with Crippen molar-refractivity contribution in [2.24, 2.45) is 5.73 Å². The molecule has 0 aliphatic heterocycles. The van der Waals surface area contributed by atoms with Crippen LogP contribution in [0.3, 0.4) is 0 Å². The lowest BCUT2D eigenvalue weighted by molar-refractivity contribution is 0.189. The molecular weight excluding hydrogens is 246 g/mol. The normalized spacial score (nSPS) is 9.35. The van der Waals surface area contributed by atoms with Gasteiger partial charge in [-0.25, -0.2) is 0 Å². The standard InChI is InChI=1S/C18H13NO/c1-3-5-6-7-8-9-10-11-12-13-14-15-16-18(20)17(19)4-2/h16-18,20H,1,4,19H2,2H3/t17-,18-/m0/s1. The van der Waals surface area contributed by atoms with Gasteiger partial charge in [0.05, 0.1) is 6.10 Å². The molecule has 0 rings (SSSR count). The van der Waals surface area contributed by atoms with Crippen LogP contribution in [0.1, 0.15) is 13.3 Å². The number of nitrogens with two attached hydrogens (primary N) is 1. The Bertz CT molecular complexity index is 771. The summed E-state index contributed by atoms with van der Waals surface area (Å²) in [5.41, 5.74) is 35.5. The summed E-state index contributed by atoms with van der Waals surface area (Å²) >= 11 is 0. The molecule has 0 amide bonds. The summed E-state index contributed by atoms with van der Waals surface area (Å²) in [6.07, 6.45) is 1.35. The van der Waals surface area contributed by atoms with Crippen molar-refractivity contribution in [2.75, 3.05) is 0 Å². The Hall–Kier alpha value is -2.98. The molecule has 0 saturated heterocycles. The Morgan fingerprint density at radius 1 is 0.950 bits per heavy atom. The fourth-order valence-corrected chi connectivity index (χ4v) is 0.822. The van der Waals surface area contributed by atoms with Crippen molar-refractivity contribution in [3.05, 3.63) is 81.4 Å². The lowest BCUT2D eigenvalue weighted by Gasteiger charge is -2.10. The van der Waals surface area contributed by atoms with E-state index in [0.29, 0.717) is 6.42 Å². The van der Waals surface area contributed by atoms with Gasteiger partial charge in [-0.2, -0.15) is 0 Å². The van der Waals surface area contributed by atoms with Gasteiger partial charge in [0.25, 0.3) is 0 Å². The largest absolute Gasteiger partial charge is 0.387 e. The van der Waals surface area contributed by atoms with Gasteiger partial charge in [-0.05, 0) is 76.4 Å². The molecule has 0 saturated carbocycles. The summed E-state index contributed by atoms with van der Waals surface area (Å²) in [7, 11) is 0. The van der Waals surface area contributed by atoms with Gasteiger partial charge in [0.15, 0.2) is 0 Å². The van der Waals surface area contributed by atoms with Crippen LogP contribution in [0.5, 0.6) is 0 Å². The van der Waals surface area contributed by atoms with Crippen molar-refractivity contribution >= 4 is 0 Å². The van der Waals surface area contributed by atoms with Gasteiger partial charge in [-0.15, -0.1) is 0 Å². The van der Waals surface area contributed by atoms with Gasteiger partial charge in [0.1, 0.15) is 0 Å². The number of aliphatic hydroxyl groups excluding tert-OH is 1. The highest BCUT2D eigenvalue weighted by atomic mass is 16.3. The van der Waals surface area contributed by atoms with E-state index in [1.165, 1.54) is 6.08 Å². The van der Waals surface area contributed by atoms with Gasteiger partial charge >= 0.3 is 0 Å². The van der Waals surface area contributed by atoms with E-state index in [2.05, 4.69) is 75.4 Å². The van der Waals surface area contributed by atoms with E-state index in [9.17, 15) is 5.11 Å². The zero-order valence-corrected chi connectivity index (χ0v) is 11.2. The molecular formula is C18H13NO. The molecule has 96 valence electrons. The first-order valence-electron chi connectivity index (χ1n) is 5.77. The Kier molecular flexibility index (Phi) is 10.6. The zero-order chi connectivity index (χ0) is 15.1. The molecule has 20 heavy (non-hydrogen) atoms. The van der Waals surface area contributed by atoms with Crippen molar-refractivity contribution in [3.63, 3.8) is 0 Å². The predicted molar refractivity (Wildman–Crippen MR) is 76.6 cm³/mol. The minimum Gasteiger partial charge on any atom is -0.387 e. The maximum absolute atomic E-state index is 9.48. The molecule has 3 N–H and O–H groups in total. The molecule has 0 aromatic carbocycles. The quantitative estimate of drug-likeness (QED) is 0.763. The van der Waals surface area contributed by atoms with Crippen LogP contribution >= 0.6 is 0 Å². The van der Waals surface area contributed by atoms with Gasteiger partial charge in [-0.3, -0.25) is 0 Å². The summed E-state index contributed by atoms with van der Waals surface area (Å²) in [6, 6.07) is -0.304. The second-order valence-corrected chi connectivity index (χ2v) is 3.30. The molecule has 2 heteroatoms. The first kappa shape index (κ1) is 17.0. The van der Waals surface area contributed by atoms with Crippen LogP contribution in [0, 0.1) is 0 Å². The van der Waals surface area contributed by atoms with E-state index in [0.717, 1.165) is 0 Å². The van der Waals surface area contributed by atoms with Crippen molar-refractivity contribution in [1.29, 1.82) is 0 Å². The van der Waals surface area contributed by atoms with E-state index >= 15 is 0 Å². The fourth-order valence-electron chi connectivity index (χ4n) is 0.822. The Morgan fingerprint density at radius 3 is 1.85 bits per heavy atom. The average Bonchev–Trinajstić information content (AvgIpc) is 2.47. The van der Waals surface area contributed by atoms with E-state index in [4.69, 9.17) is 5.73 Å². The highest BCUT2D eigenvalue weighted by Crippen LogP contribution is 1.94. The van der Waals surface area contributed by atoms with Crippen LogP contribution in [0.2, 0.25) is 0 Å². The van der Waals surface area contributed by atoms with Gasteiger partial charge in [0, 0.05) is 6.04 Å². The molecule has 0 aromatic heterocycles. The molecule has 0 bridgehead atoms. The Balaban J connectivity index is 5.28. The molecule has 2 nitrogen and oxygen atoms in total. The van der Waals surface area contributed by atoms with Crippen LogP contribution in [-0.4, -0.2) is 17.3 Å². The predicted octanol–water partition coefficient (Wildman–Crippen LogP) is 2.13. The lowest BCUT2D eigenvalue weighted by Crippen LogP contribution is -2.31. The molecule has 0 fully saturated rings.